The second kappa shape index (κ2) is 5.82. The summed E-state index contributed by atoms with van der Waals surface area (Å²) in [5, 5.41) is 2.89. The second-order valence-electron chi connectivity index (χ2n) is 4.12. The summed E-state index contributed by atoms with van der Waals surface area (Å²) in [5.41, 5.74) is 1.96. The number of rotatable bonds is 3. The molecule has 1 rings (SSSR count). The third-order valence-electron chi connectivity index (χ3n) is 2.22. The first-order chi connectivity index (χ1) is 7.41. The highest BCUT2D eigenvalue weighted by atomic mass is 79.9. The predicted octanol–water partition coefficient (Wildman–Crippen LogP) is 4.12. The molecule has 0 heterocycles. The van der Waals surface area contributed by atoms with Gasteiger partial charge in [-0.05, 0) is 46.5 Å². The van der Waals surface area contributed by atoms with Crippen molar-refractivity contribution in [3.8, 4) is 0 Å². The predicted molar refractivity (Wildman–Crippen MR) is 75.1 cm³/mol. The smallest absolute Gasteiger partial charge is 0.238 e. The molecule has 0 saturated carbocycles. The number of carbonyl (C=O) groups is 1. The maximum atomic E-state index is 11.8. The molecule has 0 aliphatic rings. The molecule has 1 atom stereocenters. The van der Waals surface area contributed by atoms with E-state index in [1.54, 1.807) is 0 Å². The highest BCUT2D eigenvalue weighted by molar-refractivity contribution is 9.10. The summed E-state index contributed by atoms with van der Waals surface area (Å²) in [6, 6.07) is 5.85. The normalized spacial score (nSPS) is 12.6. The minimum Gasteiger partial charge on any atom is -0.324 e. The zero-order valence-electron chi connectivity index (χ0n) is 9.55. The van der Waals surface area contributed by atoms with Crippen molar-refractivity contribution in [2.75, 3.05) is 5.32 Å². The van der Waals surface area contributed by atoms with Crippen LogP contribution in [0.15, 0.2) is 22.7 Å². The Kier molecular flexibility index (Phi) is 4.99. The summed E-state index contributed by atoms with van der Waals surface area (Å²) < 4.78 is 0.907. The van der Waals surface area contributed by atoms with Crippen LogP contribution in [0.3, 0.4) is 0 Å². The van der Waals surface area contributed by atoms with Gasteiger partial charge in [0.15, 0.2) is 0 Å². The van der Waals surface area contributed by atoms with E-state index in [4.69, 9.17) is 0 Å². The van der Waals surface area contributed by atoms with Crippen molar-refractivity contribution in [2.24, 2.45) is 5.92 Å². The number of nitrogens with one attached hydrogen (secondary N) is 1. The lowest BCUT2D eigenvalue weighted by Gasteiger charge is -2.14. The molecule has 0 fully saturated rings. The maximum absolute atomic E-state index is 11.8. The van der Waals surface area contributed by atoms with Gasteiger partial charge in [0.2, 0.25) is 5.91 Å². The monoisotopic (exact) mass is 347 g/mol. The minimum atomic E-state index is -0.166. The van der Waals surface area contributed by atoms with Gasteiger partial charge in [0.1, 0.15) is 0 Å². The lowest BCUT2D eigenvalue weighted by molar-refractivity contribution is -0.116. The second-order valence-corrected chi connectivity index (χ2v) is 5.96. The van der Waals surface area contributed by atoms with Crippen molar-refractivity contribution in [2.45, 2.75) is 25.6 Å². The van der Waals surface area contributed by atoms with Crippen LogP contribution in [0, 0.1) is 12.8 Å². The molecule has 1 aromatic carbocycles. The fourth-order valence-electron chi connectivity index (χ4n) is 1.23. The maximum Gasteiger partial charge on any atom is 0.238 e. The van der Waals surface area contributed by atoms with E-state index in [0.29, 0.717) is 0 Å². The molecule has 0 spiro atoms. The van der Waals surface area contributed by atoms with E-state index in [1.807, 2.05) is 39.0 Å². The van der Waals surface area contributed by atoms with Crippen molar-refractivity contribution in [3.63, 3.8) is 0 Å². The van der Waals surface area contributed by atoms with Crippen LogP contribution in [0.1, 0.15) is 19.4 Å². The van der Waals surface area contributed by atoms with E-state index in [-0.39, 0.29) is 16.7 Å². The zero-order chi connectivity index (χ0) is 12.3. The van der Waals surface area contributed by atoms with Crippen LogP contribution in [0.2, 0.25) is 0 Å². The van der Waals surface area contributed by atoms with E-state index >= 15 is 0 Å². The molecule has 88 valence electrons. The number of benzene rings is 1. The SMILES string of the molecule is Cc1ccc(NC(=O)C(Br)C(C)C)c(Br)c1. The topological polar surface area (TPSA) is 29.1 Å². The molecular formula is C12H15Br2NO. The van der Waals surface area contributed by atoms with E-state index < -0.39 is 0 Å². The van der Waals surface area contributed by atoms with Gasteiger partial charge < -0.3 is 5.32 Å². The summed E-state index contributed by atoms with van der Waals surface area (Å²) in [4.78, 5) is 11.6. The molecule has 1 amide bonds. The van der Waals surface area contributed by atoms with Crippen LogP contribution in [0.25, 0.3) is 0 Å². The first-order valence-corrected chi connectivity index (χ1v) is 6.83. The molecule has 16 heavy (non-hydrogen) atoms. The Hall–Kier alpha value is -0.350. The average molecular weight is 349 g/mol. The molecule has 0 aliphatic carbocycles. The van der Waals surface area contributed by atoms with Gasteiger partial charge >= 0.3 is 0 Å². The molecule has 0 aliphatic heterocycles. The Balaban J connectivity index is 2.77. The Morgan fingerprint density at radius 2 is 2.00 bits per heavy atom. The molecule has 1 N–H and O–H groups in total. The zero-order valence-corrected chi connectivity index (χ0v) is 12.7. The number of carbonyl (C=O) groups excluding carboxylic acids is 1. The van der Waals surface area contributed by atoms with Gasteiger partial charge in [-0.15, -0.1) is 0 Å². The number of hydrogen-bond acceptors (Lipinski definition) is 1. The summed E-state index contributed by atoms with van der Waals surface area (Å²) >= 11 is 6.81. The standard InChI is InChI=1S/C12H15Br2NO/c1-7(2)11(14)12(16)15-10-5-4-8(3)6-9(10)13/h4-7,11H,1-3H3,(H,15,16). The number of amides is 1. The summed E-state index contributed by atoms with van der Waals surface area (Å²) in [6.07, 6.45) is 0. The molecule has 0 bridgehead atoms. The first-order valence-electron chi connectivity index (χ1n) is 5.13. The lowest BCUT2D eigenvalue weighted by atomic mass is 10.1. The van der Waals surface area contributed by atoms with Crippen molar-refractivity contribution in [1.82, 2.24) is 0 Å². The summed E-state index contributed by atoms with van der Waals surface area (Å²) in [6.45, 7) is 6.02. The Morgan fingerprint density at radius 3 is 2.50 bits per heavy atom. The molecule has 2 nitrogen and oxygen atoms in total. The van der Waals surface area contributed by atoms with Crippen LogP contribution in [-0.4, -0.2) is 10.7 Å². The molecular weight excluding hydrogens is 334 g/mol. The van der Waals surface area contributed by atoms with Gasteiger partial charge in [-0.1, -0.05) is 35.8 Å². The fraction of sp³-hybridized carbons (Fsp3) is 0.417. The van der Waals surface area contributed by atoms with Crippen LogP contribution in [-0.2, 0) is 4.79 Å². The first kappa shape index (κ1) is 13.7. The van der Waals surface area contributed by atoms with Crippen LogP contribution >= 0.6 is 31.9 Å². The molecule has 0 aromatic heterocycles. The van der Waals surface area contributed by atoms with Gasteiger partial charge in [0, 0.05) is 4.47 Å². The highest BCUT2D eigenvalue weighted by Gasteiger charge is 2.19. The molecule has 1 unspecified atom stereocenters. The van der Waals surface area contributed by atoms with E-state index in [2.05, 4.69) is 37.2 Å². The van der Waals surface area contributed by atoms with Gasteiger partial charge in [-0.25, -0.2) is 0 Å². The highest BCUT2D eigenvalue weighted by Crippen LogP contribution is 2.24. The Morgan fingerprint density at radius 1 is 1.38 bits per heavy atom. The van der Waals surface area contributed by atoms with Crippen LogP contribution in [0.5, 0.6) is 0 Å². The summed E-state index contributed by atoms with van der Waals surface area (Å²) in [5.74, 6) is 0.253. The van der Waals surface area contributed by atoms with Crippen molar-refractivity contribution < 1.29 is 4.79 Å². The third kappa shape index (κ3) is 3.59. The van der Waals surface area contributed by atoms with Gasteiger partial charge in [-0.3, -0.25) is 4.79 Å². The van der Waals surface area contributed by atoms with Gasteiger partial charge in [-0.2, -0.15) is 0 Å². The Bertz CT molecular complexity index is 391. The quantitative estimate of drug-likeness (QED) is 0.818. The number of alkyl halides is 1. The van der Waals surface area contributed by atoms with Crippen molar-refractivity contribution >= 4 is 43.5 Å². The number of halogens is 2. The third-order valence-corrected chi connectivity index (χ3v) is 4.35. The van der Waals surface area contributed by atoms with Crippen LogP contribution < -0.4 is 5.32 Å². The average Bonchev–Trinajstić information content (AvgIpc) is 2.20. The Labute approximate surface area is 113 Å². The number of hydrogen-bond donors (Lipinski definition) is 1. The number of aryl methyl sites for hydroxylation is 1. The van der Waals surface area contributed by atoms with E-state index in [1.165, 1.54) is 0 Å². The van der Waals surface area contributed by atoms with Gasteiger partial charge in [0.05, 0.1) is 10.5 Å². The molecule has 0 saturated heterocycles. The van der Waals surface area contributed by atoms with E-state index in [0.717, 1.165) is 15.7 Å². The molecule has 1 aromatic rings. The lowest BCUT2D eigenvalue weighted by Crippen LogP contribution is -2.27. The van der Waals surface area contributed by atoms with Crippen molar-refractivity contribution in [1.29, 1.82) is 0 Å². The van der Waals surface area contributed by atoms with Crippen LogP contribution in [0.4, 0.5) is 5.69 Å². The fourth-order valence-corrected chi connectivity index (χ4v) is 1.93. The summed E-state index contributed by atoms with van der Waals surface area (Å²) in [7, 11) is 0. The van der Waals surface area contributed by atoms with Gasteiger partial charge in [0.25, 0.3) is 0 Å². The number of anilines is 1. The van der Waals surface area contributed by atoms with E-state index in [9.17, 15) is 4.79 Å². The molecule has 0 radical (unpaired) electrons. The largest absolute Gasteiger partial charge is 0.324 e. The molecule has 4 heteroatoms. The minimum absolute atomic E-state index is 0.0143. The van der Waals surface area contributed by atoms with Crippen molar-refractivity contribution in [3.05, 3.63) is 28.2 Å².